The van der Waals surface area contributed by atoms with Crippen molar-refractivity contribution in [3.05, 3.63) is 0 Å². The van der Waals surface area contributed by atoms with Crippen LogP contribution in [0.4, 0.5) is 0 Å². The standard InChI is InChI=1S/C12H24N2S/c1-12(2,3)14-11(13)9-15-10-7-5-4-6-8-10/h10H,4-9H2,1-3H3,(H2,13,14). The highest BCUT2D eigenvalue weighted by Crippen LogP contribution is 2.28. The fourth-order valence-electron chi connectivity index (χ4n) is 1.90. The molecule has 0 spiro atoms. The summed E-state index contributed by atoms with van der Waals surface area (Å²) in [5, 5.41) is 0.826. The fraction of sp³-hybridized carbons (Fsp3) is 0.917. The fourth-order valence-corrected chi connectivity index (χ4v) is 3.04. The molecule has 88 valence electrons. The van der Waals surface area contributed by atoms with E-state index in [9.17, 15) is 0 Å². The Bertz CT molecular complexity index is 212. The van der Waals surface area contributed by atoms with Crippen LogP contribution >= 0.6 is 11.8 Å². The van der Waals surface area contributed by atoms with Gasteiger partial charge in [-0.05, 0) is 33.6 Å². The molecular weight excluding hydrogens is 204 g/mol. The number of thioether (sulfide) groups is 1. The van der Waals surface area contributed by atoms with Crippen molar-refractivity contribution >= 4 is 17.6 Å². The maximum absolute atomic E-state index is 5.91. The number of aliphatic imine (C=N–C) groups is 1. The van der Waals surface area contributed by atoms with Crippen LogP contribution in [-0.4, -0.2) is 22.4 Å². The zero-order valence-electron chi connectivity index (χ0n) is 10.3. The van der Waals surface area contributed by atoms with Crippen molar-refractivity contribution in [3.8, 4) is 0 Å². The molecule has 0 amide bonds. The average molecular weight is 228 g/mol. The first-order valence-electron chi connectivity index (χ1n) is 5.93. The molecular formula is C12H24N2S. The van der Waals surface area contributed by atoms with Crippen molar-refractivity contribution < 1.29 is 0 Å². The van der Waals surface area contributed by atoms with Gasteiger partial charge in [0.05, 0.1) is 11.3 Å². The van der Waals surface area contributed by atoms with Gasteiger partial charge >= 0.3 is 0 Å². The number of hydrogen-bond acceptors (Lipinski definition) is 2. The molecule has 1 saturated carbocycles. The summed E-state index contributed by atoms with van der Waals surface area (Å²) in [5.74, 6) is 1.71. The van der Waals surface area contributed by atoms with Crippen LogP contribution in [0.1, 0.15) is 52.9 Å². The maximum atomic E-state index is 5.91. The molecule has 0 atom stereocenters. The third-order valence-electron chi connectivity index (χ3n) is 2.50. The van der Waals surface area contributed by atoms with Gasteiger partial charge in [0.1, 0.15) is 5.84 Å². The lowest BCUT2D eigenvalue weighted by Gasteiger charge is -2.21. The van der Waals surface area contributed by atoms with Gasteiger partial charge in [0.25, 0.3) is 0 Å². The van der Waals surface area contributed by atoms with Crippen LogP contribution < -0.4 is 5.73 Å². The van der Waals surface area contributed by atoms with E-state index in [1.54, 1.807) is 0 Å². The molecule has 1 aliphatic carbocycles. The number of rotatable bonds is 3. The smallest absolute Gasteiger partial charge is 0.104 e. The Morgan fingerprint density at radius 1 is 1.27 bits per heavy atom. The summed E-state index contributed by atoms with van der Waals surface area (Å²) in [6, 6.07) is 0. The van der Waals surface area contributed by atoms with Gasteiger partial charge in [-0.2, -0.15) is 11.8 Å². The van der Waals surface area contributed by atoms with E-state index in [1.807, 2.05) is 11.8 Å². The second kappa shape index (κ2) is 5.78. The van der Waals surface area contributed by atoms with E-state index >= 15 is 0 Å². The molecule has 0 heterocycles. The van der Waals surface area contributed by atoms with Crippen molar-refractivity contribution in [2.24, 2.45) is 10.7 Å². The zero-order valence-corrected chi connectivity index (χ0v) is 11.1. The van der Waals surface area contributed by atoms with Crippen molar-refractivity contribution in [1.82, 2.24) is 0 Å². The third kappa shape index (κ3) is 6.08. The molecule has 1 fully saturated rings. The van der Waals surface area contributed by atoms with E-state index in [1.165, 1.54) is 32.1 Å². The summed E-state index contributed by atoms with van der Waals surface area (Å²) in [7, 11) is 0. The molecule has 2 N–H and O–H groups in total. The lowest BCUT2D eigenvalue weighted by molar-refractivity contribution is 0.516. The van der Waals surface area contributed by atoms with Gasteiger partial charge in [0.15, 0.2) is 0 Å². The molecule has 1 rings (SSSR count). The highest BCUT2D eigenvalue weighted by Gasteiger charge is 2.14. The first kappa shape index (κ1) is 12.9. The summed E-state index contributed by atoms with van der Waals surface area (Å²) >= 11 is 1.99. The van der Waals surface area contributed by atoms with E-state index in [-0.39, 0.29) is 5.54 Å². The molecule has 0 aromatic carbocycles. The van der Waals surface area contributed by atoms with Gasteiger partial charge < -0.3 is 5.73 Å². The van der Waals surface area contributed by atoms with Crippen LogP contribution in [-0.2, 0) is 0 Å². The van der Waals surface area contributed by atoms with Gasteiger partial charge in [-0.15, -0.1) is 0 Å². The Balaban J connectivity index is 2.26. The summed E-state index contributed by atoms with van der Waals surface area (Å²) in [6.45, 7) is 6.27. The summed E-state index contributed by atoms with van der Waals surface area (Å²) in [6.07, 6.45) is 6.95. The first-order chi connectivity index (χ1) is 6.97. The molecule has 0 saturated heterocycles. The van der Waals surface area contributed by atoms with E-state index in [2.05, 4.69) is 25.8 Å². The minimum absolute atomic E-state index is 0.0305. The molecule has 0 radical (unpaired) electrons. The second-order valence-corrected chi connectivity index (χ2v) is 6.63. The second-order valence-electron chi connectivity index (χ2n) is 5.34. The Morgan fingerprint density at radius 3 is 2.40 bits per heavy atom. The minimum Gasteiger partial charge on any atom is -0.387 e. The number of nitrogens with two attached hydrogens (primary N) is 1. The normalized spacial score (nSPS) is 20.6. The number of hydrogen-bond donors (Lipinski definition) is 1. The Labute approximate surface area is 98.1 Å². The van der Waals surface area contributed by atoms with Gasteiger partial charge in [-0.25, -0.2) is 0 Å². The van der Waals surface area contributed by atoms with Gasteiger partial charge in [0.2, 0.25) is 0 Å². The van der Waals surface area contributed by atoms with Crippen LogP contribution in [0.3, 0.4) is 0 Å². The van der Waals surface area contributed by atoms with Crippen LogP contribution in [0.15, 0.2) is 4.99 Å². The maximum Gasteiger partial charge on any atom is 0.104 e. The predicted octanol–water partition coefficient (Wildman–Crippen LogP) is 3.21. The average Bonchev–Trinajstić information content (AvgIpc) is 2.14. The van der Waals surface area contributed by atoms with Crippen molar-refractivity contribution in [2.45, 2.75) is 63.7 Å². The summed E-state index contributed by atoms with van der Waals surface area (Å²) < 4.78 is 0. The molecule has 3 heteroatoms. The minimum atomic E-state index is -0.0305. The van der Waals surface area contributed by atoms with Crippen molar-refractivity contribution in [2.75, 3.05) is 5.75 Å². The lowest BCUT2D eigenvalue weighted by Crippen LogP contribution is -2.23. The molecule has 0 aromatic rings. The van der Waals surface area contributed by atoms with Crippen molar-refractivity contribution in [1.29, 1.82) is 0 Å². The van der Waals surface area contributed by atoms with Crippen LogP contribution in [0.5, 0.6) is 0 Å². The summed E-state index contributed by atoms with van der Waals surface area (Å²) in [4.78, 5) is 4.47. The Hall–Kier alpha value is -0.180. The van der Waals surface area contributed by atoms with E-state index < -0.39 is 0 Å². The lowest BCUT2D eigenvalue weighted by atomic mass is 10.0. The van der Waals surface area contributed by atoms with Gasteiger partial charge in [-0.1, -0.05) is 19.3 Å². The van der Waals surface area contributed by atoms with Crippen LogP contribution in [0.2, 0.25) is 0 Å². The van der Waals surface area contributed by atoms with Crippen molar-refractivity contribution in [3.63, 3.8) is 0 Å². The number of nitrogens with zero attached hydrogens (tertiary/aromatic N) is 1. The molecule has 0 unspecified atom stereocenters. The molecule has 0 bridgehead atoms. The summed E-state index contributed by atoms with van der Waals surface area (Å²) in [5.41, 5.74) is 5.88. The van der Waals surface area contributed by atoms with Gasteiger partial charge in [-0.3, -0.25) is 4.99 Å². The molecule has 0 aromatic heterocycles. The molecule has 2 nitrogen and oxygen atoms in total. The zero-order chi connectivity index (χ0) is 11.3. The molecule has 0 aliphatic heterocycles. The third-order valence-corrected chi connectivity index (χ3v) is 3.90. The van der Waals surface area contributed by atoms with Crippen LogP contribution in [0, 0.1) is 0 Å². The van der Waals surface area contributed by atoms with E-state index in [0.29, 0.717) is 0 Å². The van der Waals surface area contributed by atoms with E-state index in [4.69, 9.17) is 5.73 Å². The number of amidine groups is 1. The topological polar surface area (TPSA) is 38.4 Å². The quantitative estimate of drug-likeness (QED) is 0.595. The van der Waals surface area contributed by atoms with E-state index in [0.717, 1.165) is 16.8 Å². The Kier molecular flexibility index (Phi) is 4.97. The highest BCUT2D eigenvalue weighted by atomic mass is 32.2. The largest absolute Gasteiger partial charge is 0.387 e. The van der Waals surface area contributed by atoms with Gasteiger partial charge in [0, 0.05) is 5.25 Å². The molecule has 1 aliphatic rings. The van der Waals surface area contributed by atoms with Crippen LogP contribution in [0.25, 0.3) is 0 Å². The monoisotopic (exact) mass is 228 g/mol. The molecule has 15 heavy (non-hydrogen) atoms. The highest BCUT2D eigenvalue weighted by molar-refractivity contribution is 8.00. The SMILES string of the molecule is CC(C)(C)N=C(N)CSC1CCCCC1. The Morgan fingerprint density at radius 2 is 1.87 bits per heavy atom. The predicted molar refractivity (Wildman–Crippen MR) is 70.7 cm³/mol. The first-order valence-corrected chi connectivity index (χ1v) is 6.98.